The van der Waals surface area contributed by atoms with E-state index in [1.165, 1.54) is 0 Å². The van der Waals surface area contributed by atoms with E-state index >= 15 is 0 Å². The molecule has 0 spiro atoms. The van der Waals surface area contributed by atoms with Crippen LogP contribution < -0.4 is 4.90 Å². The third-order valence-electron chi connectivity index (χ3n) is 5.40. The second-order valence-corrected chi connectivity index (χ2v) is 7.18. The fourth-order valence-corrected chi connectivity index (χ4v) is 4.13. The molecule has 3 aromatic heterocycles. The van der Waals surface area contributed by atoms with Crippen molar-refractivity contribution in [1.82, 2.24) is 29.6 Å². The van der Waals surface area contributed by atoms with Gasteiger partial charge >= 0.3 is 0 Å². The first-order valence-corrected chi connectivity index (χ1v) is 8.69. The van der Waals surface area contributed by atoms with Crippen LogP contribution in [0.25, 0.3) is 11.2 Å². The van der Waals surface area contributed by atoms with Gasteiger partial charge in [0.1, 0.15) is 12.1 Å². The molecule has 26 heavy (non-hydrogen) atoms. The molecular weight excluding hydrogens is 334 g/mol. The van der Waals surface area contributed by atoms with Crippen LogP contribution >= 0.6 is 0 Å². The number of hydrogen-bond acceptors (Lipinski definition) is 7. The number of nitrogens with zero attached hydrogens (tertiary/aromatic N) is 7. The van der Waals surface area contributed by atoms with Gasteiger partial charge in [-0.25, -0.2) is 15.0 Å². The smallest absolute Gasteiger partial charge is 0.276 e. The first kappa shape index (κ1) is 15.3. The number of hydrogen-bond donors (Lipinski definition) is 0. The molecule has 2 aliphatic heterocycles. The standard InChI is InChI=1S/C17H19N7O2/c1-10-3-13(21-26-10)17(25)24-6-11-4-23(5-12(11)7-24)16-14-15(18-8-19-16)22(2)9-20-14/h3,8-9,11-12H,4-7H2,1-2H3. The SMILES string of the molecule is Cc1cc(C(=O)N2CC3CN(c4ncnc5c4ncn5C)CC3C2)no1. The maximum Gasteiger partial charge on any atom is 0.276 e. The molecule has 9 nitrogen and oxygen atoms in total. The lowest BCUT2D eigenvalue weighted by Crippen LogP contribution is -2.33. The van der Waals surface area contributed by atoms with Crippen molar-refractivity contribution in [3.8, 4) is 0 Å². The molecular formula is C17H19N7O2. The number of carbonyl (C=O) groups is 1. The molecule has 0 aliphatic carbocycles. The van der Waals surface area contributed by atoms with E-state index in [-0.39, 0.29) is 5.91 Å². The van der Waals surface area contributed by atoms with E-state index in [1.54, 1.807) is 25.6 Å². The highest BCUT2D eigenvalue weighted by molar-refractivity contribution is 5.92. The van der Waals surface area contributed by atoms with Gasteiger partial charge in [-0.15, -0.1) is 0 Å². The third-order valence-corrected chi connectivity index (χ3v) is 5.40. The minimum Gasteiger partial charge on any atom is -0.361 e. The van der Waals surface area contributed by atoms with Gasteiger partial charge in [0.2, 0.25) is 0 Å². The molecule has 3 aromatic rings. The Bertz CT molecular complexity index is 980. The molecule has 5 rings (SSSR count). The van der Waals surface area contributed by atoms with Crippen LogP contribution in [0.2, 0.25) is 0 Å². The molecule has 9 heteroatoms. The molecule has 0 radical (unpaired) electrons. The van der Waals surface area contributed by atoms with E-state index in [0.717, 1.165) is 43.2 Å². The van der Waals surface area contributed by atoms with E-state index in [2.05, 4.69) is 25.0 Å². The molecule has 0 N–H and O–H groups in total. The Balaban J connectivity index is 1.33. The van der Waals surface area contributed by atoms with Gasteiger partial charge in [-0.05, 0) is 6.92 Å². The molecule has 0 saturated carbocycles. The topological polar surface area (TPSA) is 93.2 Å². The number of fused-ring (bicyclic) bond motifs is 2. The summed E-state index contributed by atoms with van der Waals surface area (Å²) in [6.07, 6.45) is 3.36. The van der Waals surface area contributed by atoms with Crippen LogP contribution in [-0.2, 0) is 7.05 Å². The van der Waals surface area contributed by atoms with Crippen molar-refractivity contribution in [3.05, 3.63) is 30.2 Å². The van der Waals surface area contributed by atoms with Crippen LogP contribution in [0.5, 0.6) is 0 Å². The van der Waals surface area contributed by atoms with Crippen molar-refractivity contribution in [3.63, 3.8) is 0 Å². The van der Waals surface area contributed by atoms with Crippen LogP contribution in [0.4, 0.5) is 5.82 Å². The maximum atomic E-state index is 12.6. The van der Waals surface area contributed by atoms with Gasteiger partial charge in [0.15, 0.2) is 22.7 Å². The minimum absolute atomic E-state index is 0.0445. The first-order chi connectivity index (χ1) is 12.6. The molecule has 0 bridgehead atoms. The largest absolute Gasteiger partial charge is 0.361 e. The summed E-state index contributed by atoms with van der Waals surface area (Å²) in [5.74, 6) is 2.36. The second-order valence-electron chi connectivity index (χ2n) is 7.18. The number of aryl methyl sites for hydroxylation is 2. The van der Waals surface area contributed by atoms with Gasteiger partial charge in [-0.2, -0.15) is 0 Å². The summed E-state index contributed by atoms with van der Waals surface area (Å²) in [5.41, 5.74) is 2.07. The molecule has 134 valence electrons. The van der Waals surface area contributed by atoms with Crippen molar-refractivity contribution in [2.24, 2.45) is 18.9 Å². The monoisotopic (exact) mass is 353 g/mol. The van der Waals surface area contributed by atoms with Crippen molar-refractivity contribution < 1.29 is 9.32 Å². The van der Waals surface area contributed by atoms with Crippen LogP contribution in [0.15, 0.2) is 23.2 Å². The van der Waals surface area contributed by atoms with E-state index in [9.17, 15) is 4.79 Å². The van der Waals surface area contributed by atoms with Crippen LogP contribution in [-0.4, -0.2) is 61.7 Å². The Morgan fingerprint density at radius 1 is 1.15 bits per heavy atom. The summed E-state index contributed by atoms with van der Waals surface area (Å²) >= 11 is 0. The molecule has 5 heterocycles. The maximum absolute atomic E-state index is 12.6. The van der Waals surface area contributed by atoms with E-state index in [0.29, 0.717) is 23.3 Å². The van der Waals surface area contributed by atoms with Gasteiger partial charge < -0.3 is 18.9 Å². The molecule has 2 fully saturated rings. The molecule has 2 saturated heterocycles. The summed E-state index contributed by atoms with van der Waals surface area (Å²) in [4.78, 5) is 30.0. The molecule has 2 atom stereocenters. The number of amides is 1. The second kappa shape index (κ2) is 5.52. The fourth-order valence-electron chi connectivity index (χ4n) is 4.13. The molecule has 1 amide bonds. The van der Waals surface area contributed by atoms with Gasteiger partial charge in [-0.3, -0.25) is 4.79 Å². The van der Waals surface area contributed by atoms with Crippen LogP contribution in [0, 0.1) is 18.8 Å². The number of rotatable bonds is 2. The zero-order valence-corrected chi connectivity index (χ0v) is 14.7. The number of carbonyl (C=O) groups excluding carboxylic acids is 1. The lowest BCUT2D eigenvalue weighted by atomic mass is 10.0. The summed E-state index contributed by atoms with van der Waals surface area (Å²) in [6, 6.07) is 1.70. The highest BCUT2D eigenvalue weighted by Crippen LogP contribution is 2.35. The molecule has 0 aromatic carbocycles. The van der Waals surface area contributed by atoms with Crippen molar-refractivity contribution in [1.29, 1.82) is 0 Å². The number of aromatic nitrogens is 5. The Hall–Kier alpha value is -2.97. The lowest BCUT2D eigenvalue weighted by Gasteiger charge is -2.22. The molecule has 2 aliphatic rings. The Morgan fingerprint density at radius 2 is 1.92 bits per heavy atom. The average Bonchev–Trinajstić information content (AvgIpc) is 3.37. The highest BCUT2D eigenvalue weighted by Gasteiger charge is 2.43. The lowest BCUT2D eigenvalue weighted by molar-refractivity contribution is 0.0772. The van der Waals surface area contributed by atoms with Gasteiger partial charge in [-0.1, -0.05) is 5.16 Å². The summed E-state index contributed by atoms with van der Waals surface area (Å²) in [7, 11) is 1.93. The van der Waals surface area contributed by atoms with E-state index < -0.39 is 0 Å². The van der Waals surface area contributed by atoms with E-state index in [1.807, 2.05) is 16.5 Å². The van der Waals surface area contributed by atoms with Crippen molar-refractivity contribution in [2.45, 2.75) is 6.92 Å². The number of anilines is 1. The van der Waals surface area contributed by atoms with Gasteiger partial charge in [0, 0.05) is 51.1 Å². The Kier molecular flexibility index (Phi) is 3.25. The zero-order chi connectivity index (χ0) is 17.8. The Morgan fingerprint density at radius 3 is 2.62 bits per heavy atom. The van der Waals surface area contributed by atoms with Crippen molar-refractivity contribution >= 4 is 22.9 Å². The average molecular weight is 353 g/mol. The molecule has 2 unspecified atom stereocenters. The first-order valence-electron chi connectivity index (χ1n) is 8.69. The fraction of sp³-hybridized carbons (Fsp3) is 0.471. The normalized spacial score (nSPS) is 22.4. The van der Waals surface area contributed by atoms with Gasteiger partial charge in [0.25, 0.3) is 5.91 Å². The van der Waals surface area contributed by atoms with E-state index in [4.69, 9.17) is 4.52 Å². The minimum atomic E-state index is -0.0445. The van der Waals surface area contributed by atoms with Gasteiger partial charge in [0.05, 0.1) is 6.33 Å². The Labute approximate surface area is 149 Å². The predicted octanol–water partition coefficient (Wildman–Crippen LogP) is 0.868. The number of likely N-dealkylation sites (tertiary alicyclic amines) is 1. The summed E-state index contributed by atoms with van der Waals surface area (Å²) in [6.45, 7) is 5.01. The quantitative estimate of drug-likeness (QED) is 0.675. The van der Waals surface area contributed by atoms with Crippen LogP contribution in [0.1, 0.15) is 16.2 Å². The predicted molar refractivity (Wildman–Crippen MR) is 92.6 cm³/mol. The highest BCUT2D eigenvalue weighted by atomic mass is 16.5. The summed E-state index contributed by atoms with van der Waals surface area (Å²) < 4.78 is 6.93. The summed E-state index contributed by atoms with van der Waals surface area (Å²) in [5, 5.41) is 3.85. The van der Waals surface area contributed by atoms with Crippen molar-refractivity contribution in [2.75, 3.05) is 31.1 Å². The number of imidazole rings is 1. The third kappa shape index (κ3) is 2.27. The van der Waals surface area contributed by atoms with Crippen LogP contribution in [0.3, 0.4) is 0 Å². The zero-order valence-electron chi connectivity index (χ0n) is 14.7.